The molecule has 0 aliphatic carbocycles. The Labute approximate surface area is 209 Å². The van der Waals surface area contributed by atoms with Crippen LogP contribution >= 0.6 is 0 Å². The standard InChI is InChI=1S/C25H23F3N4O5/c1-15-2-3-18(30-24(35)16-4-5-29-20(10-16)25(26,27)28)13-19(15)17-11-21(32-6-8-36-9-7-32)31-22(12-17)37-14-23(33)34/h2-5,10-13H,6-9,14H2,1H3,(H,30,35)(H,33,34). The molecule has 194 valence electrons. The first-order valence-corrected chi connectivity index (χ1v) is 11.2. The van der Waals surface area contributed by atoms with Gasteiger partial charge < -0.3 is 24.8 Å². The molecule has 3 heterocycles. The molecule has 9 nitrogen and oxygen atoms in total. The van der Waals surface area contributed by atoms with Crippen LogP contribution in [0, 0.1) is 6.92 Å². The number of aromatic nitrogens is 2. The normalized spacial score (nSPS) is 13.8. The highest BCUT2D eigenvalue weighted by atomic mass is 19.4. The first-order chi connectivity index (χ1) is 17.6. The number of carbonyl (C=O) groups excluding carboxylic acids is 1. The topological polar surface area (TPSA) is 114 Å². The molecule has 0 spiro atoms. The van der Waals surface area contributed by atoms with Crippen molar-refractivity contribution in [2.75, 3.05) is 43.1 Å². The number of carboxylic acids is 1. The van der Waals surface area contributed by atoms with E-state index in [0.717, 1.165) is 11.8 Å². The van der Waals surface area contributed by atoms with Crippen molar-refractivity contribution in [3.63, 3.8) is 0 Å². The summed E-state index contributed by atoms with van der Waals surface area (Å²) >= 11 is 0. The highest BCUT2D eigenvalue weighted by Gasteiger charge is 2.33. The Morgan fingerprint density at radius 3 is 2.59 bits per heavy atom. The van der Waals surface area contributed by atoms with Gasteiger partial charge in [0.1, 0.15) is 11.5 Å². The molecular formula is C25H23F3N4O5. The SMILES string of the molecule is Cc1ccc(NC(=O)c2ccnc(C(F)(F)F)c2)cc1-c1cc(OCC(=O)O)nc(N2CCOCC2)c1. The fraction of sp³-hybridized carbons (Fsp3) is 0.280. The Kier molecular flexibility index (Phi) is 7.58. The van der Waals surface area contributed by atoms with Crippen LogP contribution in [0.2, 0.25) is 0 Å². The summed E-state index contributed by atoms with van der Waals surface area (Å²) < 4.78 is 49.7. The number of aryl methyl sites for hydroxylation is 1. The number of nitrogens with zero attached hydrogens (tertiary/aromatic N) is 3. The number of amides is 1. The molecule has 1 aliphatic heterocycles. The molecule has 1 saturated heterocycles. The Morgan fingerprint density at radius 1 is 1.14 bits per heavy atom. The lowest BCUT2D eigenvalue weighted by molar-refractivity contribution is -0.141. The number of halogens is 3. The van der Waals surface area contributed by atoms with E-state index in [1.54, 1.807) is 24.3 Å². The van der Waals surface area contributed by atoms with Crippen LogP contribution in [0.3, 0.4) is 0 Å². The Morgan fingerprint density at radius 2 is 1.89 bits per heavy atom. The second-order valence-electron chi connectivity index (χ2n) is 8.25. The number of hydrogen-bond acceptors (Lipinski definition) is 7. The molecule has 3 aromatic rings. The van der Waals surface area contributed by atoms with Crippen molar-refractivity contribution in [2.24, 2.45) is 0 Å². The van der Waals surface area contributed by atoms with Crippen LogP contribution in [0.1, 0.15) is 21.6 Å². The number of aliphatic carboxylic acids is 1. The molecule has 0 radical (unpaired) electrons. The van der Waals surface area contributed by atoms with Crippen molar-refractivity contribution in [3.8, 4) is 17.0 Å². The summed E-state index contributed by atoms with van der Waals surface area (Å²) in [5.74, 6) is -1.18. The van der Waals surface area contributed by atoms with Gasteiger partial charge in [-0.2, -0.15) is 18.2 Å². The van der Waals surface area contributed by atoms with Crippen LogP contribution in [0.5, 0.6) is 5.88 Å². The monoisotopic (exact) mass is 516 g/mol. The van der Waals surface area contributed by atoms with Gasteiger partial charge in [-0.25, -0.2) is 4.79 Å². The van der Waals surface area contributed by atoms with E-state index < -0.39 is 30.4 Å². The summed E-state index contributed by atoms with van der Waals surface area (Å²) in [6, 6.07) is 10.4. The van der Waals surface area contributed by atoms with Crippen molar-refractivity contribution in [1.29, 1.82) is 0 Å². The zero-order chi connectivity index (χ0) is 26.6. The molecule has 12 heteroatoms. The molecule has 0 atom stereocenters. The number of carboxylic acid groups (broad SMARTS) is 1. The summed E-state index contributed by atoms with van der Waals surface area (Å²) in [5.41, 5.74) is 1.20. The van der Waals surface area contributed by atoms with Gasteiger partial charge in [-0.1, -0.05) is 6.07 Å². The molecule has 0 saturated carbocycles. The number of morpholine rings is 1. The van der Waals surface area contributed by atoms with E-state index in [9.17, 15) is 22.8 Å². The van der Waals surface area contributed by atoms with Gasteiger partial charge in [0, 0.05) is 36.6 Å². The lowest BCUT2D eigenvalue weighted by atomic mass is 10.00. The third kappa shape index (κ3) is 6.53. The average Bonchev–Trinajstić information content (AvgIpc) is 2.88. The summed E-state index contributed by atoms with van der Waals surface area (Å²) in [6.07, 6.45) is -3.74. The number of nitrogens with one attached hydrogen (secondary N) is 1. The smallest absolute Gasteiger partial charge is 0.433 e. The second-order valence-corrected chi connectivity index (χ2v) is 8.25. The van der Waals surface area contributed by atoms with Crippen LogP contribution in [0.25, 0.3) is 11.1 Å². The average molecular weight is 516 g/mol. The summed E-state index contributed by atoms with van der Waals surface area (Å²) in [6.45, 7) is 3.50. The van der Waals surface area contributed by atoms with E-state index in [0.29, 0.717) is 55.0 Å². The van der Waals surface area contributed by atoms with Gasteiger partial charge in [0.25, 0.3) is 5.91 Å². The van der Waals surface area contributed by atoms with E-state index >= 15 is 0 Å². The minimum absolute atomic E-state index is 0.117. The Hall–Kier alpha value is -4.19. The summed E-state index contributed by atoms with van der Waals surface area (Å²) in [5, 5.41) is 11.6. The van der Waals surface area contributed by atoms with Crippen LogP contribution in [0.4, 0.5) is 24.7 Å². The molecule has 1 fully saturated rings. The molecule has 0 unspecified atom stereocenters. The van der Waals surface area contributed by atoms with E-state index in [1.165, 1.54) is 6.07 Å². The predicted molar refractivity (Wildman–Crippen MR) is 128 cm³/mol. The number of alkyl halides is 3. The molecule has 0 bridgehead atoms. The van der Waals surface area contributed by atoms with Crippen LogP contribution in [-0.4, -0.2) is 59.9 Å². The maximum absolute atomic E-state index is 13.0. The Balaban J connectivity index is 1.65. The van der Waals surface area contributed by atoms with E-state index in [-0.39, 0.29) is 11.4 Å². The van der Waals surface area contributed by atoms with Crippen molar-refractivity contribution in [1.82, 2.24) is 9.97 Å². The molecule has 2 N–H and O–H groups in total. The number of benzene rings is 1. The van der Waals surface area contributed by atoms with Gasteiger partial charge in [0.05, 0.1) is 13.2 Å². The van der Waals surface area contributed by atoms with Gasteiger partial charge in [0.15, 0.2) is 6.61 Å². The fourth-order valence-corrected chi connectivity index (χ4v) is 3.75. The molecule has 4 rings (SSSR count). The number of pyridine rings is 2. The third-order valence-corrected chi connectivity index (χ3v) is 5.59. The van der Waals surface area contributed by atoms with E-state index in [2.05, 4.69) is 15.3 Å². The molecule has 37 heavy (non-hydrogen) atoms. The number of ether oxygens (including phenoxy) is 2. The van der Waals surface area contributed by atoms with Gasteiger partial charge >= 0.3 is 12.1 Å². The molecule has 1 amide bonds. The van der Waals surface area contributed by atoms with Gasteiger partial charge in [-0.3, -0.25) is 9.78 Å². The summed E-state index contributed by atoms with van der Waals surface area (Å²) in [7, 11) is 0. The number of hydrogen-bond donors (Lipinski definition) is 2. The maximum Gasteiger partial charge on any atom is 0.433 e. The van der Waals surface area contributed by atoms with Gasteiger partial charge in [-0.05, 0) is 53.9 Å². The Bertz CT molecular complexity index is 1310. The fourth-order valence-electron chi connectivity index (χ4n) is 3.75. The molecule has 1 aliphatic rings. The first kappa shape index (κ1) is 25.9. The minimum Gasteiger partial charge on any atom is -0.479 e. The number of carbonyl (C=O) groups is 2. The largest absolute Gasteiger partial charge is 0.479 e. The zero-order valence-corrected chi connectivity index (χ0v) is 19.7. The highest BCUT2D eigenvalue weighted by Crippen LogP contribution is 2.32. The van der Waals surface area contributed by atoms with Crippen LogP contribution < -0.4 is 15.0 Å². The molecule has 1 aromatic carbocycles. The maximum atomic E-state index is 13.0. The highest BCUT2D eigenvalue weighted by molar-refractivity contribution is 6.04. The lowest BCUT2D eigenvalue weighted by Crippen LogP contribution is -2.36. The predicted octanol–water partition coefficient (Wildman–Crippen LogP) is 4.02. The molecular weight excluding hydrogens is 493 g/mol. The van der Waals surface area contributed by atoms with Crippen molar-refractivity contribution < 1.29 is 37.3 Å². The molecule has 2 aromatic heterocycles. The first-order valence-electron chi connectivity index (χ1n) is 11.2. The van der Waals surface area contributed by atoms with Crippen molar-refractivity contribution >= 4 is 23.4 Å². The van der Waals surface area contributed by atoms with E-state index in [1.807, 2.05) is 17.9 Å². The van der Waals surface area contributed by atoms with Gasteiger partial charge in [-0.15, -0.1) is 0 Å². The number of rotatable bonds is 7. The van der Waals surface area contributed by atoms with E-state index in [4.69, 9.17) is 14.6 Å². The zero-order valence-electron chi connectivity index (χ0n) is 19.7. The lowest BCUT2D eigenvalue weighted by Gasteiger charge is -2.28. The van der Waals surface area contributed by atoms with Crippen LogP contribution in [0.15, 0.2) is 48.7 Å². The quantitative estimate of drug-likeness (QED) is 0.484. The van der Waals surface area contributed by atoms with Crippen molar-refractivity contribution in [3.05, 3.63) is 65.5 Å². The second kappa shape index (κ2) is 10.8. The third-order valence-electron chi connectivity index (χ3n) is 5.59. The summed E-state index contributed by atoms with van der Waals surface area (Å²) in [4.78, 5) is 33.4. The van der Waals surface area contributed by atoms with Crippen LogP contribution in [-0.2, 0) is 15.7 Å². The van der Waals surface area contributed by atoms with Gasteiger partial charge in [0.2, 0.25) is 5.88 Å². The number of anilines is 2. The minimum atomic E-state index is -4.67. The van der Waals surface area contributed by atoms with Crippen molar-refractivity contribution in [2.45, 2.75) is 13.1 Å².